The van der Waals surface area contributed by atoms with Crippen LogP contribution in [0.3, 0.4) is 0 Å². The number of carboxylic acids is 1. The quantitative estimate of drug-likeness (QED) is 0.206. The van der Waals surface area contributed by atoms with E-state index in [2.05, 4.69) is 59.5 Å². The summed E-state index contributed by atoms with van der Waals surface area (Å²) in [5.41, 5.74) is 11.7. The van der Waals surface area contributed by atoms with Gasteiger partial charge in [-0.3, -0.25) is 0 Å². The third-order valence-corrected chi connectivity index (χ3v) is 15.3. The molecule has 0 unspecified atom stereocenters. The van der Waals surface area contributed by atoms with Gasteiger partial charge in [-0.1, -0.05) is 65.0 Å². The molecule has 242 valence electrons. The van der Waals surface area contributed by atoms with Crippen molar-refractivity contribution >= 4 is 11.5 Å². The lowest BCUT2D eigenvalue weighted by atomic mass is 9.32. The third kappa shape index (κ3) is 4.55. The van der Waals surface area contributed by atoms with Crippen LogP contribution in [0.25, 0.3) is 5.57 Å². The molecule has 4 fully saturated rings. The van der Waals surface area contributed by atoms with Crippen LogP contribution in [-0.4, -0.2) is 30.7 Å². The van der Waals surface area contributed by atoms with E-state index in [1.807, 2.05) is 12.1 Å². The molecular weight excluding hydrogens is 540 g/mol. The Labute approximate surface area is 267 Å². The zero-order valence-electron chi connectivity index (χ0n) is 28.6. The van der Waals surface area contributed by atoms with Crippen LogP contribution in [-0.2, 0) is 0 Å². The number of rotatable bonds is 8. The van der Waals surface area contributed by atoms with Crippen LogP contribution < -0.4 is 11.1 Å². The average molecular weight is 601 g/mol. The highest BCUT2D eigenvalue weighted by Crippen LogP contribution is 2.77. The van der Waals surface area contributed by atoms with Crippen molar-refractivity contribution in [2.24, 2.45) is 62.4 Å². The van der Waals surface area contributed by atoms with Crippen LogP contribution in [0.1, 0.15) is 122 Å². The summed E-state index contributed by atoms with van der Waals surface area (Å²) in [5, 5.41) is 13.3. The molecule has 4 saturated carbocycles. The SMILES string of the molecule is C=C(C)[C@@H]1CC[C@]2(CNCCCN)CC[C@]3(C)[C@H](CC[C@@H]4[C@@]5(C)CC=C(c6ccc(C(=O)O)cc6)C(C)(C)[C@@H]5CC[C@]43C)[C@@H]12. The molecule has 0 aromatic heterocycles. The van der Waals surface area contributed by atoms with E-state index in [4.69, 9.17) is 5.73 Å². The second-order valence-electron chi connectivity index (χ2n) is 17.3. The number of nitrogens with one attached hydrogen (secondary N) is 1. The van der Waals surface area contributed by atoms with Crippen LogP contribution in [0.4, 0.5) is 0 Å². The molecule has 5 aliphatic rings. The van der Waals surface area contributed by atoms with Crippen molar-refractivity contribution in [2.75, 3.05) is 19.6 Å². The third-order valence-electron chi connectivity index (χ3n) is 15.3. The minimum atomic E-state index is -0.855. The molecule has 1 aromatic rings. The van der Waals surface area contributed by atoms with E-state index in [-0.39, 0.29) is 10.8 Å². The summed E-state index contributed by atoms with van der Waals surface area (Å²) in [4.78, 5) is 11.5. The normalized spacial score (nSPS) is 42.3. The van der Waals surface area contributed by atoms with Crippen molar-refractivity contribution in [1.82, 2.24) is 5.32 Å². The molecule has 9 atom stereocenters. The highest BCUT2D eigenvalue weighted by molar-refractivity contribution is 5.88. The number of nitrogens with two attached hydrogens (primary N) is 1. The molecule has 0 spiro atoms. The molecule has 0 aliphatic heterocycles. The van der Waals surface area contributed by atoms with Crippen LogP contribution in [0.15, 0.2) is 42.5 Å². The van der Waals surface area contributed by atoms with Crippen LogP contribution >= 0.6 is 0 Å². The van der Waals surface area contributed by atoms with Crippen molar-refractivity contribution in [3.63, 3.8) is 0 Å². The van der Waals surface area contributed by atoms with Gasteiger partial charge >= 0.3 is 5.97 Å². The van der Waals surface area contributed by atoms with Crippen molar-refractivity contribution in [3.8, 4) is 0 Å². The first-order valence-corrected chi connectivity index (χ1v) is 17.9. The van der Waals surface area contributed by atoms with E-state index in [0.717, 1.165) is 50.2 Å². The molecule has 5 aliphatic carbocycles. The van der Waals surface area contributed by atoms with Crippen LogP contribution in [0.2, 0.25) is 0 Å². The first-order valence-electron chi connectivity index (χ1n) is 17.9. The molecule has 4 nitrogen and oxygen atoms in total. The number of carbonyl (C=O) groups is 1. The molecule has 0 radical (unpaired) electrons. The van der Waals surface area contributed by atoms with E-state index in [0.29, 0.717) is 33.6 Å². The molecule has 1 aromatic carbocycles. The fourth-order valence-electron chi connectivity index (χ4n) is 13.0. The Bertz CT molecular complexity index is 1310. The van der Waals surface area contributed by atoms with E-state index < -0.39 is 5.97 Å². The van der Waals surface area contributed by atoms with Gasteiger partial charge in [0, 0.05) is 6.54 Å². The van der Waals surface area contributed by atoms with Gasteiger partial charge in [-0.15, -0.1) is 0 Å². The highest BCUT2D eigenvalue weighted by atomic mass is 16.4. The number of hydrogen-bond donors (Lipinski definition) is 3. The summed E-state index contributed by atoms with van der Waals surface area (Å²) in [5.74, 6) is 2.67. The number of aromatic carboxylic acids is 1. The van der Waals surface area contributed by atoms with Crippen molar-refractivity contribution in [1.29, 1.82) is 0 Å². The molecule has 0 heterocycles. The molecule has 4 heteroatoms. The summed E-state index contributed by atoms with van der Waals surface area (Å²) >= 11 is 0. The number of allylic oxidation sites excluding steroid dienone is 3. The Morgan fingerprint density at radius 3 is 2.34 bits per heavy atom. The maximum Gasteiger partial charge on any atom is 0.335 e. The topological polar surface area (TPSA) is 75.3 Å². The lowest BCUT2D eigenvalue weighted by Crippen LogP contribution is -2.65. The predicted molar refractivity (Wildman–Crippen MR) is 182 cm³/mol. The van der Waals surface area contributed by atoms with Gasteiger partial charge in [-0.25, -0.2) is 4.79 Å². The van der Waals surface area contributed by atoms with Gasteiger partial charge in [0.05, 0.1) is 5.56 Å². The Morgan fingerprint density at radius 2 is 1.68 bits per heavy atom. The summed E-state index contributed by atoms with van der Waals surface area (Å²) < 4.78 is 0. The summed E-state index contributed by atoms with van der Waals surface area (Å²) in [7, 11) is 0. The highest BCUT2D eigenvalue weighted by Gasteiger charge is 2.70. The molecular formula is C40H60N2O2. The van der Waals surface area contributed by atoms with E-state index in [1.165, 1.54) is 68.1 Å². The minimum absolute atomic E-state index is 0.0459. The Morgan fingerprint density at radius 1 is 0.955 bits per heavy atom. The maximum atomic E-state index is 11.5. The fourth-order valence-corrected chi connectivity index (χ4v) is 13.0. The number of benzene rings is 1. The van der Waals surface area contributed by atoms with Crippen LogP contribution in [0.5, 0.6) is 0 Å². The van der Waals surface area contributed by atoms with Gasteiger partial charge in [0.15, 0.2) is 0 Å². The lowest BCUT2D eigenvalue weighted by Gasteiger charge is -2.72. The van der Waals surface area contributed by atoms with Gasteiger partial charge in [0.25, 0.3) is 0 Å². The summed E-state index contributed by atoms with van der Waals surface area (Å²) in [6.07, 6.45) is 15.5. The Balaban J connectivity index is 1.32. The van der Waals surface area contributed by atoms with Crippen molar-refractivity contribution < 1.29 is 9.90 Å². The number of carboxylic acid groups (broad SMARTS) is 1. The minimum Gasteiger partial charge on any atom is -0.478 e. The Kier molecular flexibility index (Phi) is 8.09. The Hall–Kier alpha value is -1.91. The largest absolute Gasteiger partial charge is 0.478 e. The van der Waals surface area contributed by atoms with Crippen molar-refractivity contribution in [2.45, 2.75) is 106 Å². The molecule has 0 bridgehead atoms. The van der Waals surface area contributed by atoms with E-state index in [9.17, 15) is 9.90 Å². The first-order chi connectivity index (χ1) is 20.7. The van der Waals surface area contributed by atoms with Crippen molar-refractivity contribution in [3.05, 3.63) is 53.6 Å². The van der Waals surface area contributed by atoms with Gasteiger partial charge in [-0.2, -0.15) is 0 Å². The standard InChI is InChI=1S/C40H60N2O2/c1-26(2)29-15-20-40(25-42-24-8-23-41)22-21-38(6)31(34(29)40)13-14-33-37(5)18-16-30(27-9-11-28(12-10-27)35(43)44)36(3,4)32(37)17-19-39(33,38)7/h9-12,16,29,31-34,42H,1,8,13-15,17-25,41H2,2-7H3,(H,43,44)/t29-,31+,32-,33+,34+,37-,38+,39+,40+/m0/s1. The lowest BCUT2D eigenvalue weighted by molar-refractivity contribution is -0.225. The van der Waals surface area contributed by atoms with Crippen LogP contribution in [0, 0.1) is 56.7 Å². The first kappa shape index (κ1) is 32.0. The number of hydrogen-bond acceptors (Lipinski definition) is 3. The zero-order chi connectivity index (χ0) is 31.7. The predicted octanol–water partition coefficient (Wildman–Crippen LogP) is 8.97. The number of fused-ring (bicyclic) bond motifs is 7. The summed E-state index contributed by atoms with van der Waals surface area (Å²) in [6, 6.07) is 7.64. The van der Waals surface area contributed by atoms with Gasteiger partial charge in [0.1, 0.15) is 0 Å². The summed E-state index contributed by atoms with van der Waals surface area (Å²) in [6.45, 7) is 23.0. The van der Waals surface area contributed by atoms with Gasteiger partial charge in [0.2, 0.25) is 0 Å². The monoisotopic (exact) mass is 600 g/mol. The molecule has 6 rings (SSSR count). The maximum absolute atomic E-state index is 11.5. The second-order valence-corrected chi connectivity index (χ2v) is 17.3. The average Bonchev–Trinajstić information content (AvgIpc) is 3.36. The zero-order valence-corrected chi connectivity index (χ0v) is 28.6. The molecule has 4 N–H and O–H groups in total. The van der Waals surface area contributed by atoms with E-state index in [1.54, 1.807) is 12.1 Å². The molecule has 0 amide bonds. The smallest absolute Gasteiger partial charge is 0.335 e. The van der Waals surface area contributed by atoms with E-state index >= 15 is 0 Å². The second kappa shape index (κ2) is 11.1. The fraction of sp³-hybridized carbons (Fsp3) is 0.725. The van der Waals surface area contributed by atoms with Gasteiger partial charge < -0.3 is 16.2 Å². The molecule has 44 heavy (non-hydrogen) atoms. The molecule has 0 saturated heterocycles. The van der Waals surface area contributed by atoms with Gasteiger partial charge in [-0.05, 0) is 164 Å².